The molecule has 0 bridgehead atoms. The van der Waals surface area contributed by atoms with Crippen molar-refractivity contribution in [3.63, 3.8) is 0 Å². The third-order valence-corrected chi connectivity index (χ3v) is 12.4. The second-order valence-corrected chi connectivity index (χ2v) is 16.6. The van der Waals surface area contributed by atoms with Crippen LogP contribution in [0.15, 0.2) is 145 Å². The van der Waals surface area contributed by atoms with Crippen LogP contribution < -0.4 is 20.9 Å². The molecule has 66 heavy (non-hydrogen) atoms. The predicted octanol–water partition coefficient (Wildman–Crippen LogP) is 7.28. The summed E-state index contributed by atoms with van der Waals surface area (Å²) in [7, 11) is 2.74. The molecule has 2 atom stereocenters. The number of hydrogen-bond acceptors (Lipinski definition) is 12. The minimum Gasteiger partial charge on any atom is -0.465 e. The Kier molecular flexibility index (Phi) is 14.4. The van der Waals surface area contributed by atoms with Gasteiger partial charge in [-0.05, 0) is 119 Å². The summed E-state index contributed by atoms with van der Waals surface area (Å²) in [6.45, 7) is 1.49. The highest BCUT2D eigenvalue weighted by Crippen LogP contribution is 2.38. The molecule has 0 radical (unpaired) electrons. The molecule has 13 nitrogen and oxygen atoms in total. The first-order chi connectivity index (χ1) is 32.2. The highest BCUT2D eigenvalue weighted by atomic mass is 32.1. The molecule has 2 amide bonds. The van der Waals surface area contributed by atoms with E-state index in [0.717, 1.165) is 61.6 Å². The smallest absolute Gasteiger partial charge is 0.338 e. The van der Waals surface area contributed by atoms with Gasteiger partial charge in [-0.3, -0.25) is 24.9 Å². The number of amides is 2. The van der Waals surface area contributed by atoms with Crippen molar-refractivity contribution in [2.24, 2.45) is 5.73 Å². The Labute approximate surface area is 387 Å². The number of carbonyl (C=O) groups excluding carboxylic acids is 4. The van der Waals surface area contributed by atoms with Crippen LogP contribution in [0.2, 0.25) is 0 Å². The molecule has 0 saturated carbocycles. The van der Waals surface area contributed by atoms with Crippen LogP contribution in [0.4, 0.5) is 11.4 Å². The normalized spacial score (nSPS) is 13.4. The van der Waals surface area contributed by atoms with Crippen LogP contribution in [-0.2, 0) is 51.3 Å². The lowest BCUT2D eigenvalue weighted by Crippen LogP contribution is -2.47. The summed E-state index contributed by atoms with van der Waals surface area (Å²) >= 11 is 1.53. The molecule has 14 heteroatoms. The molecule has 9 rings (SSSR count). The van der Waals surface area contributed by atoms with Crippen LogP contribution in [0, 0.1) is 0 Å². The Bertz CT molecular complexity index is 2800. The molecular formula is C52H49N7O6S. The van der Waals surface area contributed by atoms with Gasteiger partial charge >= 0.3 is 11.9 Å². The van der Waals surface area contributed by atoms with Crippen molar-refractivity contribution in [2.45, 2.75) is 44.3 Å². The van der Waals surface area contributed by atoms with E-state index in [1.54, 1.807) is 40.1 Å². The highest BCUT2D eigenvalue weighted by Gasteiger charge is 2.35. The fourth-order valence-electron chi connectivity index (χ4n) is 8.47. The first kappa shape index (κ1) is 45.2. The summed E-state index contributed by atoms with van der Waals surface area (Å²) in [5.74, 6) is -1.00. The third kappa shape index (κ3) is 10.3. The number of carbonyl (C=O) groups is 4. The maximum Gasteiger partial charge on any atom is 0.338 e. The van der Waals surface area contributed by atoms with E-state index in [-0.39, 0.29) is 11.8 Å². The van der Waals surface area contributed by atoms with E-state index in [4.69, 9.17) is 15.2 Å². The summed E-state index contributed by atoms with van der Waals surface area (Å²) < 4.78 is 10.1. The molecular weight excluding hydrogens is 851 g/mol. The molecule has 0 fully saturated rings. The van der Waals surface area contributed by atoms with E-state index < -0.39 is 24.0 Å². The average molecular weight is 900 g/mol. The lowest BCUT2D eigenvalue weighted by Gasteiger charge is -2.25. The molecule has 2 aliphatic rings. The van der Waals surface area contributed by atoms with Crippen molar-refractivity contribution in [2.75, 3.05) is 37.1 Å². The van der Waals surface area contributed by atoms with Gasteiger partial charge in [-0.1, -0.05) is 60.7 Å². The second-order valence-electron chi connectivity index (χ2n) is 15.9. The Morgan fingerprint density at radius 1 is 0.652 bits per heavy atom. The van der Waals surface area contributed by atoms with Gasteiger partial charge < -0.3 is 25.0 Å². The van der Waals surface area contributed by atoms with Gasteiger partial charge in [-0.2, -0.15) is 0 Å². The monoisotopic (exact) mass is 899 g/mol. The lowest BCUT2D eigenvalue weighted by atomic mass is 9.97. The minimum atomic E-state index is -0.662. The van der Waals surface area contributed by atoms with Crippen LogP contribution >= 0.6 is 11.3 Å². The lowest BCUT2D eigenvalue weighted by molar-refractivity contribution is -0.121. The van der Waals surface area contributed by atoms with Gasteiger partial charge in [0.05, 0.1) is 48.6 Å². The number of nitrogens with one attached hydrogen (secondary N) is 1. The fourth-order valence-corrected chi connectivity index (χ4v) is 9.02. The van der Waals surface area contributed by atoms with E-state index in [1.165, 1.54) is 25.6 Å². The number of thiazole rings is 1. The van der Waals surface area contributed by atoms with Crippen molar-refractivity contribution < 1.29 is 28.7 Å². The number of ether oxygens (including phenoxy) is 2. The summed E-state index contributed by atoms with van der Waals surface area (Å²) in [6, 6.07) is 33.7. The van der Waals surface area contributed by atoms with E-state index in [2.05, 4.69) is 20.3 Å². The van der Waals surface area contributed by atoms with Gasteiger partial charge in [0.1, 0.15) is 0 Å². The average Bonchev–Trinajstić information content (AvgIpc) is 4.16. The Morgan fingerprint density at radius 2 is 1.14 bits per heavy atom. The molecule has 0 unspecified atom stereocenters. The van der Waals surface area contributed by atoms with Crippen LogP contribution in [0.3, 0.4) is 0 Å². The first-order valence-corrected chi connectivity index (χ1v) is 22.5. The van der Waals surface area contributed by atoms with Gasteiger partial charge in [0, 0.05) is 61.2 Å². The van der Waals surface area contributed by atoms with Gasteiger partial charge in [-0.25, -0.2) is 14.6 Å². The number of esters is 2. The first-order valence-electron chi connectivity index (χ1n) is 21.6. The zero-order valence-corrected chi connectivity index (χ0v) is 37.4. The highest BCUT2D eigenvalue weighted by molar-refractivity contribution is 7.07. The maximum atomic E-state index is 14.0. The topological polar surface area (TPSA) is 170 Å². The number of anilines is 2. The Morgan fingerprint density at radius 3 is 1.61 bits per heavy atom. The van der Waals surface area contributed by atoms with Crippen molar-refractivity contribution >= 4 is 46.5 Å². The number of hydrogen-bond donors (Lipinski definition) is 2. The number of fused-ring (bicyclic) bond motifs is 2. The number of pyridine rings is 2. The molecule has 4 aromatic carbocycles. The van der Waals surface area contributed by atoms with Crippen LogP contribution in [0.5, 0.6) is 0 Å². The van der Waals surface area contributed by atoms with E-state index in [1.807, 2.05) is 115 Å². The molecule has 0 saturated heterocycles. The molecule has 334 valence electrons. The molecule has 2 aliphatic heterocycles. The Balaban J connectivity index is 0.000000182. The zero-order valence-electron chi connectivity index (χ0n) is 36.6. The van der Waals surface area contributed by atoms with Gasteiger partial charge in [0.2, 0.25) is 11.8 Å². The van der Waals surface area contributed by atoms with Crippen molar-refractivity contribution in [1.82, 2.24) is 20.3 Å². The summed E-state index contributed by atoms with van der Waals surface area (Å²) in [5.41, 5.74) is 18.6. The minimum absolute atomic E-state index is 0.0319. The molecule has 3 aromatic heterocycles. The number of nitrogens with zero attached hydrogens (tertiary/aromatic N) is 5. The van der Waals surface area contributed by atoms with Gasteiger partial charge in [0.15, 0.2) is 0 Å². The quantitative estimate of drug-likeness (QED) is 0.112. The van der Waals surface area contributed by atoms with Gasteiger partial charge in [-0.15, -0.1) is 11.3 Å². The zero-order chi connectivity index (χ0) is 46.0. The number of nitrogens with two attached hydrogens (primary N) is 1. The van der Waals surface area contributed by atoms with E-state index in [9.17, 15) is 19.2 Å². The van der Waals surface area contributed by atoms with Crippen molar-refractivity contribution in [3.05, 3.63) is 184 Å². The summed E-state index contributed by atoms with van der Waals surface area (Å²) in [5, 5.41) is 5.40. The third-order valence-electron chi connectivity index (χ3n) is 11.8. The van der Waals surface area contributed by atoms with Crippen molar-refractivity contribution in [3.8, 4) is 22.3 Å². The molecule has 0 aliphatic carbocycles. The van der Waals surface area contributed by atoms with E-state index >= 15 is 0 Å². The maximum absolute atomic E-state index is 14.0. The standard InChI is InChI=1S/C28H26N4O3S.C24H23N3O3/c1-35-28(34)24-14-21(20-7-10-29-11-8-20)15-26-23(24)9-12-32(26)27(33)25(13-19-5-3-2-4-6-19)30-16-22-17-36-18-31-22;1-30-24(29)20-14-18(17-7-10-26-11-8-17)15-22-19(20)9-12-27(22)23(28)21(25)13-16-5-3-2-4-6-16/h2-8,10-11,14-15,17-18,25,30H,9,12-13,16H2,1H3;2-8,10-11,14-15,21H,9,12-13,25H2,1H3/t25-;21-/m00/s1. The second kappa shape index (κ2) is 21.1. The SMILES string of the molecule is COC(=O)c1cc(-c2ccncc2)cc2c1CCN2C(=O)[C@@H](N)Cc1ccccc1.COC(=O)c1cc(-c2ccncc2)cc2c1CCN2C(=O)[C@H](Cc1ccccc1)NCc1cscn1. The molecule has 3 N–H and O–H groups in total. The largest absolute Gasteiger partial charge is 0.465 e. The number of aromatic nitrogens is 3. The van der Waals surface area contributed by atoms with E-state index in [0.29, 0.717) is 56.4 Å². The fraction of sp³-hybridized carbons (Fsp3) is 0.212. The van der Waals surface area contributed by atoms with Gasteiger partial charge in [0.25, 0.3) is 0 Å². The molecule has 0 spiro atoms. The summed E-state index contributed by atoms with van der Waals surface area (Å²) in [6.07, 6.45) is 8.98. The summed E-state index contributed by atoms with van der Waals surface area (Å²) in [4.78, 5) is 68.3. The predicted molar refractivity (Wildman–Crippen MR) is 255 cm³/mol. The molecule has 7 aromatic rings. The number of rotatable bonds is 13. The van der Waals surface area contributed by atoms with Crippen LogP contribution in [0.1, 0.15) is 48.7 Å². The number of benzene rings is 4. The number of methoxy groups -OCH3 is 2. The van der Waals surface area contributed by atoms with Crippen molar-refractivity contribution in [1.29, 1.82) is 0 Å². The van der Waals surface area contributed by atoms with Crippen LogP contribution in [0.25, 0.3) is 22.3 Å². The molecule has 5 heterocycles. The Hall–Kier alpha value is -7.39. The van der Waals surface area contributed by atoms with Crippen LogP contribution in [-0.4, -0.2) is 78.1 Å².